The van der Waals surface area contributed by atoms with Gasteiger partial charge in [0, 0.05) is 20.8 Å². The van der Waals surface area contributed by atoms with Crippen LogP contribution in [0.3, 0.4) is 0 Å². The molecule has 2 aromatic heterocycles. The monoisotopic (exact) mass is 493 g/mol. The molecule has 0 amide bonds. The summed E-state index contributed by atoms with van der Waals surface area (Å²) in [6.07, 6.45) is 3.60. The molecule has 0 unspecified atom stereocenters. The third kappa shape index (κ3) is 4.32. The Morgan fingerprint density at radius 2 is 1.91 bits per heavy atom. The molecule has 1 aliphatic carbocycles. The van der Waals surface area contributed by atoms with Crippen molar-refractivity contribution in [1.82, 2.24) is 4.98 Å². The molecule has 0 N–H and O–H groups in total. The number of hydrogen-bond donors (Lipinski definition) is 0. The number of esters is 1. The van der Waals surface area contributed by atoms with Crippen LogP contribution in [0, 0.1) is 0 Å². The fraction of sp³-hybridized carbons (Fsp3) is 0.115. The first-order chi connectivity index (χ1) is 16.0. The number of halogens is 2. The number of para-hydroxylation sites is 1. The number of carbonyl (C=O) groups excluding carboxylic acids is 2. The van der Waals surface area contributed by atoms with Gasteiger partial charge in [0.1, 0.15) is 0 Å². The summed E-state index contributed by atoms with van der Waals surface area (Å²) in [4.78, 5) is 31.9. The smallest absolute Gasteiger partial charge is 0.339 e. The van der Waals surface area contributed by atoms with Crippen LogP contribution < -0.4 is 0 Å². The lowest BCUT2D eigenvalue weighted by Gasteiger charge is -2.12. The van der Waals surface area contributed by atoms with E-state index in [4.69, 9.17) is 32.9 Å². The minimum absolute atomic E-state index is 0.224. The molecule has 7 heteroatoms. The van der Waals surface area contributed by atoms with Crippen LogP contribution in [0.2, 0.25) is 10.0 Å². The van der Waals surface area contributed by atoms with E-state index < -0.39 is 18.4 Å². The van der Waals surface area contributed by atoms with E-state index in [1.807, 2.05) is 35.7 Å². The average molecular weight is 494 g/mol. The second-order valence-electron chi connectivity index (χ2n) is 7.64. The van der Waals surface area contributed by atoms with E-state index in [1.165, 1.54) is 12.1 Å². The number of Topliss-reactive ketones (excluding diaryl/α,β-unsaturated/α-hetero) is 1. The summed E-state index contributed by atoms with van der Waals surface area (Å²) in [6.45, 7) is -0.413. The van der Waals surface area contributed by atoms with Crippen molar-refractivity contribution in [1.29, 1.82) is 0 Å². The summed E-state index contributed by atoms with van der Waals surface area (Å²) in [7, 11) is 0. The molecule has 0 aliphatic heterocycles. The topological polar surface area (TPSA) is 56.3 Å². The Hall–Kier alpha value is -2.99. The highest BCUT2D eigenvalue weighted by Crippen LogP contribution is 2.38. The third-order valence-electron chi connectivity index (χ3n) is 5.57. The Morgan fingerprint density at radius 1 is 1.06 bits per heavy atom. The van der Waals surface area contributed by atoms with Crippen LogP contribution in [0.15, 0.2) is 60.0 Å². The van der Waals surface area contributed by atoms with Crippen molar-refractivity contribution in [2.24, 2.45) is 0 Å². The molecular weight excluding hydrogens is 477 g/mol. The molecule has 0 spiro atoms. The summed E-state index contributed by atoms with van der Waals surface area (Å²) in [5, 5.41) is 3.40. The lowest BCUT2D eigenvalue weighted by Crippen LogP contribution is -2.16. The fourth-order valence-corrected chi connectivity index (χ4v) is 5.25. The number of nitrogens with zero attached hydrogens (tertiary/aromatic N) is 1. The predicted molar refractivity (Wildman–Crippen MR) is 133 cm³/mol. The van der Waals surface area contributed by atoms with Crippen LogP contribution in [0.1, 0.15) is 43.3 Å². The van der Waals surface area contributed by atoms with Gasteiger partial charge in [0.05, 0.1) is 21.8 Å². The van der Waals surface area contributed by atoms with Gasteiger partial charge in [0.25, 0.3) is 0 Å². The molecule has 1 aliphatic rings. The number of rotatable bonds is 5. The fourth-order valence-electron chi connectivity index (χ4n) is 4.05. The normalized spacial score (nSPS) is 13.9. The number of thiophene rings is 1. The van der Waals surface area contributed by atoms with Crippen molar-refractivity contribution in [2.75, 3.05) is 6.61 Å². The molecule has 2 aromatic carbocycles. The van der Waals surface area contributed by atoms with Crippen LogP contribution >= 0.6 is 34.5 Å². The number of fused-ring (bicyclic) bond motifs is 2. The summed E-state index contributed by atoms with van der Waals surface area (Å²) in [5.41, 5.74) is 4.23. The van der Waals surface area contributed by atoms with Gasteiger partial charge in [0.15, 0.2) is 6.61 Å². The highest BCUT2D eigenvalue weighted by Gasteiger charge is 2.28. The van der Waals surface area contributed by atoms with Crippen molar-refractivity contribution < 1.29 is 14.3 Å². The highest BCUT2D eigenvalue weighted by molar-refractivity contribution is 7.10. The summed E-state index contributed by atoms with van der Waals surface area (Å²) < 4.78 is 5.48. The van der Waals surface area contributed by atoms with Crippen LogP contribution in [0.25, 0.3) is 22.6 Å². The number of benzene rings is 2. The first-order valence-electron chi connectivity index (χ1n) is 10.3. The summed E-state index contributed by atoms with van der Waals surface area (Å²) in [5.74, 6) is -0.932. The largest absolute Gasteiger partial charge is 0.454 e. The number of carbonyl (C=O) groups is 2. The van der Waals surface area contributed by atoms with Gasteiger partial charge in [-0.25, -0.2) is 9.78 Å². The molecule has 4 nitrogen and oxygen atoms in total. The van der Waals surface area contributed by atoms with Gasteiger partial charge in [-0.3, -0.25) is 4.79 Å². The van der Waals surface area contributed by atoms with Crippen molar-refractivity contribution in [3.8, 4) is 0 Å². The average Bonchev–Trinajstić information content (AvgIpc) is 3.46. The van der Waals surface area contributed by atoms with Crippen molar-refractivity contribution in [2.45, 2.75) is 12.8 Å². The van der Waals surface area contributed by atoms with Crippen molar-refractivity contribution in [3.05, 3.63) is 97.3 Å². The zero-order chi connectivity index (χ0) is 22.9. The van der Waals surface area contributed by atoms with E-state index in [0.29, 0.717) is 22.5 Å². The van der Waals surface area contributed by atoms with Crippen LogP contribution in [0.4, 0.5) is 0 Å². The minimum Gasteiger partial charge on any atom is -0.454 e. The third-order valence-corrected chi connectivity index (χ3v) is 6.94. The van der Waals surface area contributed by atoms with E-state index >= 15 is 0 Å². The van der Waals surface area contributed by atoms with Gasteiger partial charge in [-0.15, -0.1) is 11.3 Å². The molecule has 0 radical (unpaired) electrons. The molecule has 0 fully saturated rings. The standard InChI is InChI=1S/C26H17Cl2NO3S/c27-16-8-10-18(21(28)13-16)23(30)14-32-26(31)24-19-5-1-2-6-22(19)29-25-15(7-9-20(24)25)12-17-4-3-11-33-17/h1-6,8,10-13H,7,9,14H2. The Bertz CT molecular complexity index is 1430. The molecule has 5 rings (SSSR count). The zero-order valence-electron chi connectivity index (χ0n) is 17.3. The number of pyridine rings is 1. The number of ketones is 1. The van der Waals surface area contributed by atoms with Crippen LogP contribution in [-0.4, -0.2) is 23.3 Å². The van der Waals surface area contributed by atoms with Gasteiger partial charge in [-0.05, 0) is 65.8 Å². The van der Waals surface area contributed by atoms with Crippen molar-refractivity contribution in [3.63, 3.8) is 0 Å². The summed E-state index contributed by atoms with van der Waals surface area (Å²) >= 11 is 13.7. The molecule has 0 bridgehead atoms. The lowest BCUT2D eigenvalue weighted by atomic mass is 10.0. The first kappa shape index (κ1) is 21.8. The second kappa shape index (κ2) is 9.10. The van der Waals surface area contributed by atoms with Gasteiger partial charge in [0.2, 0.25) is 5.78 Å². The first-order valence-corrected chi connectivity index (χ1v) is 12.0. The Kier molecular flexibility index (Phi) is 6.02. The zero-order valence-corrected chi connectivity index (χ0v) is 19.6. The van der Waals surface area contributed by atoms with E-state index in [1.54, 1.807) is 17.4 Å². The van der Waals surface area contributed by atoms with E-state index in [-0.39, 0.29) is 10.6 Å². The van der Waals surface area contributed by atoms with Gasteiger partial charge in [-0.2, -0.15) is 0 Å². The Labute approximate surface area is 204 Å². The van der Waals surface area contributed by atoms with E-state index in [2.05, 4.69) is 12.1 Å². The molecule has 0 saturated heterocycles. The number of aromatic nitrogens is 1. The lowest BCUT2D eigenvalue weighted by molar-refractivity contribution is 0.0475. The Balaban J connectivity index is 1.49. The maximum atomic E-state index is 13.2. The molecule has 33 heavy (non-hydrogen) atoms. The molecule has 4 aromatic rings. The van der Waals surface area contributed by atoms with E-state index in [9.17, 15) is 9.59 Å². The SMILES string of the molecule is O=C(COC(=O)c1c2c(nc3ccccc13)C(=Cc1cccs1)CC2)c1ccc(Cl)cc1Cl. The number of allylic oxidation sites excluding steroid dienone is 1. The Morgan fingerprint density at radius 3 is 2.70 bits per heavy atom. The number of hydrogen-bond acceptors (Lipinski definition) is 5. The van der Waals surface area contributed by atoms with Gasteiger partial charge in [-0.1, -0.05) is 47.5 Å². The molecule has 2 heterocycles. The number of ether oxygens (including phenoxy) is 1. The van der Waals surface area contributed by atoms with Gasteiger partial charge < -0.3 is 4.74 Å². The van der Waals surface area contributed by atoms with Gasteiger partial charge >= 0.3 is 5.97 Å². The minimum atomic E-state index is -0.541. The van der Waals surface area contributed by atoms with Crippen molar-refractivity contribution >= 4 is 68.8 Å². The molecule has 0 atom stereocenters. The molecule has 0 saturated carbocycles. The maximum absolute atomic E-state index is 13.2. The second-order valence-corrected chi connectivity index (χ2v) is 9.46. The van der Waals surface area contributed by atoms with Crippen LogP contribution in [-0.2, 0) is 11.2 Å². The maximum Gasteiger partial charge on any atom is 0.339 e. The molecule has 164 valence electrons. The summed E-state index contributed by atoms with van der Waals surface area (Å²) in [6, 6.07) is 16.2. The quantitative estimate of drug-likeness (QED) is 0.219. The highest BCUT2D eigenvalue weighted by atomic mass is 35.5. The molecular formula is C26H17Cl2NO3S. The van der Waals surface area contributed by atoms with Crippen LogP contribution in [0.5, 0.6) is 0 Å². The van der Waals surface area contributed by atoms with E-state index in [0.717, 1.165) is 33.5 Å². The predicted octanol–water partition coefficient (Wildman–Crippen LogP) is 7.13.